The van der Waals surface area contributed by atoms with E-state index in [9.17, 15) is 13.6 Å². The monoisotopic (exact) mass is 192 g/mol. The van der Waals surface area contributed by atoms with Gasteiger partial charge < -0.3 is 11.1 Å². The third kappa shape index (κ3) is 2.91. The Labute approximate surface area is 75.7 Å². The van der Waals surface area contributed by atoms with Crippen LogP contribution in [0.25, 0.3) is 0 Å². The molecule has 1 aliphatic rings. The van der Waals surface area contributed by atoms with Crippen LogP contribution in [0.15, 0.2) is 0 Å². The summed E-state index contributed by atoms with van der Waals surface area (Å²) in [6.45, 7) is 0.163. The smallest absolute Gasteiger partial charge is 0.315 e. The quantitative estimate of drug-likeness (QED) is 0.689. The molecule has 1 rings (SSSR count). The second-order valence-corrected chi connectivity index (χ2v) is 3.59. The fourth-order valence-corrected chi connectivity index (χ4v) is 1.60. The SMILES string of the molecule is NC1(CNC(=O)C(F)F)CCCC1. The number of amides is 1. The Bertz CT molecular complexity index is 191. The van der Waals surface area contributed by atoms with E-state index >= 15 is 0 Å². The lowest BCUT2D eigenvalue weighted by molar-refractivity contribution is -0.132. The summed E-state index contributed by atoms with van der Waals surface area (Å²) in [7, 11) is 0. The zero-order chi connectivity index (χ0) is 9.90. The number of hydrogen-bond acceptors (Lipinski definition) is 2. The molecule has 0 bridgehead atoms. The first-order chi connectivity index (χ1) is 6.03. The molecule has 1 fully saturated rings. The normalized spacial score (nSPS) is 20.6. The number of rotatable bonds is 3. The summed E-state index contributed by atoms with van der Waals surface area (Å²) in [4.78, 5) is 10.5. The van der Waals surface area contributed by atoms with Gasteiger partial charge in [0.15, 0.2) is 0 Å². The predicted molar refractivity (Wildman–Crippen MR) is 44.4 cm³/mol. The molecule has 5 heteroatoms. The van der Waals surface area contributed by atoms with E-state index in [0.717, 1.165) is 25.7 Å². The highest BCUT2D eigenvalue weighted by molar-refractivity contribution is 5.79. The lowest BCUT2D eigenvalue weighted by Gasteiger charge is -2.23. The summed E-state index contributed by atoms with van der Waals surface area (Å²) in [6.07, 6.45) is 0.694. The van der Waals surface area contributed by atoms with Crippen molar-refractivity contribution in [3.05, 3.63) is 0 Å². The van der Waals surface area contributed by atoms with Crippen molar-refractivity contribution in [2.24, 2.45) is 5.73 Å². The van der Waals surface area contributed by atoms with Gasteiger partial charge in [-0.05, 0) is 12.8 Å². The highest BCUT2D eigenvalue weighted by Gasteiger charge is 2.30. The van der Waals surface area contributed by atoms with Crippen molar-refractivity contribution >= 4 is 5.91 Å². The largest absolute Gasteiger partial charge is 0.349 e. The number of carbonyl (C=O) groups is 1. The summed E-state index contributed by atoms with van der Waals surface area (Å²) in [5.41, 5.74) is 5.39. The van der Waals surface area contributed by atoms with Gasteiger partial charge in [-0.3, -0.25) is 4.79 Å². The van der Waals surface area contributed by atoms with Gasteiger partial charge in [-0.1, -0.05) is 12.8 Å². The number of nitrogens with one attached hydrogen (secondary N) is 1. The number of carbonyl (C=O) groups excluding carboxylic acids is 1. The van der Waals surface area contributed by atoms with E-state index < -0.39 is 17.9 Å². The van der Waals surface area contributed by atoms with E-state index in [-0.39, 0.29) is 6.54 Å². The van der Waals surface area contributed by atoms with Gasteiger partial charge in [0.2, 0.25) is 0 Å². The second kappa shape index (κ2) is 4.00. The summed E-state index contributed by atoms with van der Waals surface area (Å²) in [5, 5.41) is 2.15. The molecule has 1 aliphatic carbocycles. The van der Waals surface area contributed by atoms with Crippen LogP contribution in [0.2, 0.25) is 0 Å². The average Bonchev–Trinajstić information content (AvgIpc) is 2.48. The standard InChI is InChI=1S/C8H14F2N2O/c9-6(10)7(13)12-5-8(11)3-1-2-4-8/h6H,1-5,11H2,(H,12,13). The minimum Gasteiger partial charge on any atom is -0.349 e. The first-order valence-corrected chi connectivity index (χ1v) is 4.38. The zero-order valence-corrected chi connectivity index (χ0v) is 7.35. The molecule has 0 aromatic carbocycles. The van der Waals surface area contributed by atoms with Crippen molar-refractivity contribution in [1.29, 1.82) is 0 Å². The van der Waals surface area contributed by atoms with Crippen LogP contribution in [0.1, 0.15) is 25.7 Å². The Balaban J connectivity index is 2.29. The maximum Gasteiger partial charge on any atom is 0.315 e. The molecule has 0 unspecified atom stereocenters. The summed E-state index contributed by atoms with van der Waals surface area (Å²) >= 11 is 0. The first kappa shape index (κ1) is 10.4. The van der Waals surface area contributed by atoms with Crippen LogP contribution in [-0.2, 0) is 4.79 Å². The number of hydrogen-bond donors (Lipinski definition) is 2. The van der Waals surface area contributed by atoms with Crippen LogP contribution in [0.4, 0.5) is 8.78 Å². The van der Waals surface area contributed by atoms with Gasteiger partial charge in [0.05, 0.1) is 0 Å². The van der Waals surface area contributed by atoms with Crippen LogP contribution >= 0.6 is 0 Å². The minimum atomic E-state index is -2.94. The van der Waals surface area contributed by atoms with E-state index in [0.29, 0.717) is 0 Å². The number of alkyl halides is 2. The third-order valence-electron chi connectivity index (χ3n) is 2.41. The number of halogens is 2. The molecule has 3 N–H and O–H groups in total. The summed E-state index contributed by atoms with van der Waals surface area (Å²) in [5.74, 6) is -1.23. The molecular weight excluding hydrogens is 178 g/mol. The van der Waals surface area contributed by atoms with E-state index in [1.807, 2.05) is 0 Å². The molecule has 0 saturated heterocycles. The maximum atomic E-state index is 11.8. The highest BCUT2D eigenvalue weighted by Crippen LogP contribution is 2.26. The van der Waals surface area contributed by atoms with E-state index in [1.165, 1.54) is 0 Å². The molecule has 0 aliphatic heterocycles. The topological polar surface area (TPSA) is 55.1 Å². The van der Waals surface area contributed by atoms with Crippen molar-refractivity contribution in [2.45, 2.75) is 37.6 Å². The van der Waals surface area contributed by atoms with E-state index in [2.05, 4.69) is 5.32 Å². The molecule has 13 heavy (non-hydrogen) atoms. The molecule has 1 amide bonds. The van der Waals surface area contributed by atoms with Crippen molar-refractivity contribution in [3.63, 3.8) is 0 Å². The molecular formula is C8H14F2N2O. The first-order valence-electron chi connectivity index (χ1n) is 4.38. The van der Waals surface area contributed by atoms with Gasteiger partial charge in [-0.15, -0.1) is 0 Å². The van der Waals surface area contributed by atoms with Gasteiger partial charge >= 0.3 is 6.43 Å². The van der Waals surface area contributed by atoms with Crippen molar-refractivity contribution in [2.75, 3.05) is 6.54 Å². The van der Waals surface area contributed by atoms with Crippen LogP contribution in [0.5, 0.6) is 0 Å². The molecule has 0 radical (unpaired) electrons. The summed E-state index contributed by atoms with van der Waals surface area (Å²) < 4.78 is 23.5. The van der Waals surface area contributed by atoms with Crippen LogP contribution in [-0.4, -0.2) is 24.4 Å². The molecule has 0 heterocycles. The van der Waals surface area contributed by atoms with E-state index in [4.69, 9.17) is 5.73 Å². The van der Waals surface area contributed by atoms with Gasteiger partial charge in [0.25, 0.3) is 5.91 Å². The van der Waals surface area contributed by atoms with Gasteiger partial charge in [-0.25, -0.2) is 0 Å². The minimum absolute atomic E-state index is 0.163. The molecule has 3 nitrogen and oxygen atoms in total. The highest BCUT2D eigenvalue weighted by atomic mass is 19.3. The fourth-order valence-electron chi connectivity index (χ4n) is 1.60. The molecule has 0 atom stereocenters. The Hall–Kier alpha value is -0.710. The molecule has 0 spiro atoms. The number of nitrogens with two attached hydrogens (primary N) is 1. The molecule has 0 aromatic heterocycles. The summed E-state index contributed by atoms with van der Waals surface area (Å²) in [6, 6.07) is 0. The predicted octanol–water partition coefficient (Wildman–Crippen LogP) is 0.639. The Morgan fingerprint density at radius 1 is 1.46 bits per heavy atom. The molecule has 0 aromatic rings. The van der Waals surface area contributed by atoms with Crippen molar-refractivity contribution in [3.8, 4) is 0 Å². The third-order valence-corrected chi connectivity index (χ3v) is 2.41. The van der Waals surface area contributed by atoms with Crippen LogP contribution in [0.3, 0.4) is 0 Å². The van der Waals surface area contributed by atoms with Gasteiger partial charge in [-0.2, -0.15) is 8.78 Å². The zero-order valence-electron chi connectivity index (χ0n) is 7.35. The lowest BCUT2D eigenvalue weighted by atomic mass is 9.99. The second-order valence-electron chi connectivity index (χ2n) is 3.59. The van der Waals surface area contributed by atoms with Gasteiger partial charge in [0, 0.05) is 12.1 Å². The Morgan fingerprint density at radius 2 is 2.00 bits per heavy atom. The van der Waals surface area contributed by atoms with Crippen molar-refractivity contribution in [1.82, 2.24) is 5.32 Å². The van der Waals surface area contributed by atoms with Crippen LogP contribution < -0.4 is 11.1 Å². The lowest BCUT2D eigenvalue weighted by Crippen LogP contribution is -2.49. The van der Waals surface area contributed by atoms with E-state index in [1.54, 1.807) is 0 Å². The van der Waals surface area contributed by atoms with Crippen LogP contribution in [0, 0.1) is 0 Å². The molecule has 76 valence electrons. The maximum absolute atomic E-state index is 11.8. The van der Waals surface area contributed by atoms with Gasteiger partial charge in [0.1, 0.15) is 0 Å². The Morgan fingerprint density at radius 3 is 2.46 bits per heavy atom. The Kier molecular flexibility index (Phi) is 3.19. The average molecular weight is 192 g/mol. The van der Waals surface area contributed by atoms with Crippen molar-refractivity contribution < 1.29 is 13.6 Å². The fraction of sp³-hybridized carbons (Fsp3) is 0.875. The molecule has 1 saturated carbocycles.